The van der Waals surface area contributed by atoms with Crippen molar-refractivity contribution in [1.82, 2.24) is 10.6 Å². The number of hydrogen-bond acceptors (Lipinski definition) is 5. The Balaban J connectivity index is 1.41. The van der Waals surface area contributed by atoms with E-state index < -0.39 is 10.9 Å². The van der Waals surface area contributed by atoms with E-state index in [9.17, 15) is 19.3 Å². The molecule has 3 rings (SSSR count). The number of nitro benzene ring substituents is 1. The smallest absolute Gasteiger partial charge is 0.338 e. The molecular weight excluding hydrogens is 385 g/mol. The van der Waals surface area contributed by atoms with Crippen LogP contribution in [-0.2, 0) is 11.2 Å². The van der Waals surface area contributed by atoms with Gasteiger partial charge < -0.3 is 15.4 Å². The van der Waals surface area contributed by atoms with Crippen LogP contribution in [0.3, 0.4) is 0 Å². The molecule has 0 aliphatic heterocycles. The summed E-state index contributed by atoms with van der Waals surface area (Å²) >= 11 is 5.24. The lowest BCUT2D eigenvalue weighted by atomic mass is 10.1. The fourth-order valence-corrected chi connectivity index (χ4v) is 3.32. The number of hydrogen-bond donors (Lipinski definition) is 2. The molecule has 0 amide bonds. The van der Waals surface area contributed by atoms with E-state index in [4.69, 9.17) is 17.0 Å². The number of thiocarbonyl (C=S) groups is 1. The summed E-state index contributed by atoms with van der Waals surface area (Å²) in [5.41, 5.74) is 1.77. The number of halogens is 1. The summed E-state index contributed by atoms with van der Waals surface area (Å²) in [5.74, 6) is -0.769. The van der Waals surface area contributed by atoms with Gasteiger partial charge in [0.15, 0.2) is 5.11 Å². The molecule has 0 fully saturated rings. The Morgan fingerprint density at radius 2 is 2.04 bits per heavy atom. The molecule has 9 heteroatoms. The van der Waals surface area contributed by atoms with Crippen LogP contribution in [0, 0.1) is 15.9 Å². The number of ether oxygens (including phenoxy) is 1. The van der Waals surface area contributed by atoms with Gasteiger partial charge in [-0.25, -0.2) is 9.18 Å². The Bertz CT molecular complexity index is 905. The van der Waals surface area contributed by atoms with Crippen molar-refractivity contribution in [2.45, 2.75) is 18.9 Å². The summed E-state index contributed by atoms with van der Waals surface area (Å²) in [5, 5.41) is 17.1. The average molecular weight is 403 g/mol. The standard InChI is InChI=1S/C19H18FN3O4S/c20-16-3-1-2-15-14(16)8-9-17(15)22-19(28)21-10-11-27-18(24)12-4-6-13(7-5-12)23(25)26/h1-7,17H,8-11H2,(H2,21,22,28). The van der Waals surface area contributed by atoms with Gasteiger partial charge >= 0.3 is 5.97 Å². The highest BCUT2D eigenvalue weighted by Crippen LogP contribution is 2.32. The Hall–Kier alpha value is -3.07. The first kappa shape index (κ1) is 19.7. The fraction of sp³-hybridized carbons (Fsp3) is 0.263. The monoisotopic (exact) mass is 403 g/mol. The zero-order valence-corrected chi connectivity index (χ0v) is 15.6. The van der Waals surface area contributed by atoms with E-state index >= 15 is 0 Å². The van der Waals surface area contributed by atoms with Gasteiger partial charge in [0.25, 0.3) is 5.69 Å². The number of carbonyl (C=O) groups is 1. The molecule has 0 bridgehead atoms. The lowest BCUT2D eigenvalue weighted by Gasteiger charge is -2.17. The highest BCUT2D eigenvalue weighted by Gasteiger charge is 2.25. The minimum atomic E-state index is -0.573. The second-order valence-electron chi connectivity index (χ2n) is 6.24. The highest BCUT2D eigenvalue weighted by molar-refractivity contribution is 7.80. The lowest BCUT2D eigenvalue weighted by Crippen LogP contribution is -2.38. The molecule has 0 radical (unpaired) electrons. The zero-order chi connectivity index (χ0) is 20.1. The van der Waals surface area contributed by atoms with Crippen LogP contribution in [0.15, 0.2) is 42.5 Å². The number of non-ortho nitro benzene ring substituents is 1. The number of nitro groups is 1. The predicted octanol–water partition coefficient (Wildman–Crippen LogP) is 3.04. The molecule has 1 atom stereocenters. The van der Waals surface area contributed by atoms with Crippen LogP contribution in [0.2, 0.25) is 0 Å². The van der Waals surface area contributed by atoms with E-state index in [1.807, 2.05) is 6.07 Å². The van der Waals surface area contributed by atoms with Gasteiger partial charge in [-0.1, -0.05) is 12.1 Å². The molecule has 2 aromatic rings. The number of nitrogens with zero attached hydrogens (tertiary/aromatic N) is 1. The van der Waals surface area contributed by atoms with Gasteiger partial charge in [-0.15, -0.1) is 0 Å². The number of rotatable bonds is 6. The van der Waals surface area contributed by atoms with Crippen LogP contribution >= 0.6 is 12.2 Å². The number of benzene rings is 2. The van der Waals surface area contributed by atoms with Crippen molar-refractivity contribution in [3.8, 4) is 0 Å². The highest BCUT2D eigenvalue weighted by atomic mass is 32.1. The largest absolute Gasteiger partial charge is 0.460 e. The Morgan fingerprint density at radius 3 is 2.75 bits per heavy atom. The van der Waals surface area contributed by atoms with E-state index in [0.29, 0.717) is 18.1 Å². The summed E-state index contributed by atoms with van der Waals surface area (Å²) in [6, 6.07) is 10.2. The number of nitrogens with one attached hydrogen (secondary N) is 2. The first-order valence-electron chi connectivity index (χ1n) is 8.69. The van der Waals surface area contributed by atoms with E-state index in [1.165, 1.54) is 30.3 Å². The van der Waals surface area contributed by atoms with Gasteiger partial charge in [0.2, 0.25) is 0 Å². The maximum atomic E-state index is 13.8. The van der Waals surface area contributed by atoms with Gasteiger partial charge in [0.05, 0.1) is 23.1 Å². The molecule has 28 heavy (non-hydrogen) atoms. The minimum absolute atomic E-state index is 0.0478. The summed E-state index contributed by atoms with van der Waals surface area (Å²) in [7, 11) is 0. The van der Waals surface area contributed by atoms with Crippen molar-refractivity contribution in [2.75, 3.05) is 13.2 Å². The third-order valence-corrected chi connectivity index (χ3v) is 4.72. The quantitative estimate of drug-likeness (QED) is 0.252. The van der Waals surface area contributed by atoms with E-state index in [-0.39, 0.29) is 29.7 Å². The molecule has 1 aliphatic carbocycles. The van der Waals surface area contributed by atoms with Gasteiger partial charge in [-0.2, -0.15) is 0 Å². The molecule has 0 spiro atoms. The summed E-state index contributed by atoms with van der Waals surface area (Å²) in [6.45, 7) is 0.376. The van der Waals surface area contributed by atoms with Crippen molar-refractivity contribution >= 4 is 29.0 Å². The summed E-state index contributed by atoms with van der Waals surface area (Å²) < 4.78 is 18.9. The van der Waals surface area contributed by atoms with Crippen LogP contribution in [0.1, 0.15) is 33.9 Å². The lowest BCUT2D eigenvalue weighted by molar-refractivity contribution is -0.384. The fourth-order valence-electron chi connectivity index (χ4n) is 3.08. The minimum Gasteiger partial charge on any atom is -0.460 e. The summed E-state index contributed by atoms with van der Waals surface area (Å²) in [4.78, 5) is 22.0. The maximum Gasteiger partial charge on any atom is 0.338 e. The van der Waals surface area contributed by atoms with Crippen molar-refractivity contribution in [1.29, 1.82) is 0 Å². The average Bonchev–Trinajstić information content (AvgIpc) is 3.09. The van der Waals surface area contributed by atoms with Crippen molar-refractivity contribution < 1.29 is 18.8 Å². The van der Waals surface area contributed by atoms with Crippen LogP contribution in [0.4, 0.5) is 10.1 Å². The van der Waals surface area contributed by atoms with Crippen molar-refractivity contribution in [2.24, 2.45) is 0 Å². The number of carbonyl (C=O) groups excluding carboxylic acids is 1. The Kier molecular flexibility index (Phi) is 6.15. The Morgan fingerprint density at radius 1 is 1.29 bits per heavy atom. The second kappa shape index (κ2) is 8.75. The summed E-state index contributed by atoms with van der Waals surface area (Å²) in [6.07, 6.45) is 1.42. The molecule has 2 N–H and O–H groups in total. The molecule has 1 aliphatic rings. The molecule has 1 unspecified atom stereocenters. The van der Waals surface area contributed by atoms with Crippen molar-refractivity contribution in [3.63, 3.8) is 0 Å². The van der Waals surface area contributed by atoms with Crippen LogP contribution in [-0.4, -0.2) is 29.2 Å². The number of fused-ring (bicyclic) bond motifs is 1. The first-order chi connectivity index (χ1) is 13.5. The van der Waals surface area contributed by atoms with Gasteiger partial charge in [-0.05, 0) is 54.4 Å². The van der Waals surface area contributed by atoms with Crippen LogP contribution in [0.5, 0.6) is 0 Å². The normalized spacial score (nSPS) is 14.8. The zero-order valence-electron chi connectivity index (χ0n) is 14.8. The molecule has 0 heterocycles. The van der Waals surface area contributed by atoms with E-state index in [2.05, 4.69) is 10.6 Å². The molecule has 0 saturated carbocycles. The first-order valence-corrected chi connectivity index (χ1v) is 9.10. The van der Waals surface area contributed by atoms with Crippen LogP contribution in [0.25, 0.3) is 0 Å². The Labute approximate surface area is 166 Å². The predicted molar refractivity (Wildman–Crippen MR) is 105 cm³/mol. The third-order valence-electron chi connectivity index (χ3n) is 4.45. The molecular formula is C19H18FN3O4S. The molecule has 146 valence electrons. The molecule has 7 nitrogen and oxygen atoms in total. The van der Waals surface area contributed by atoms with Crippen LogP contribution < -0.4 is 10.6 Å². The molecule has 0 saturated heterocycles. The van der Waals surface area contributed by atoms with Gasteiger partial charge in [0.1, 0.15) is 12.4 Å². The molecule has 0 aromatic heterocycles. The number of esters is 1. The molecule has 2 aromatic carbocycles. The SMILES string of the molecule is O=C(OCCNC(=S)NC1CCc2c(F)cccc21)c1ccc([N+](=O)[O-])cc1. The van der Waals surface area contributed by atoms with Crippen molar-refractivity contribution in [3.05, 3.63) is 75.1 Å². The topological polar surface area (TPSA) is 93.5 Å². The van der Waals surface area contributed by atoms with Gasteiger partial charge in [0, 0.05) is 12.1 Å². The third kappa shape index (κ3) is 4.61. The van der Waals surface area contributed by atoms with E-state index in [1.54, 1.807) is 6.07 Å². The second-order valence-corrected chi connectivity index (χ2v) is 6.65. The van der Waals surface area contributed by atoms with Gasteiger partial charge in [-0.3, -0.25) is 10.1 Å². The maximum absolute atomic E-state index is 13.8. The van der Waals surface area contributed by atoms with E-state index in [0.717, 1.165) is 17.5 Å².